The maximum Gasteiger partial charge on any atom is 0.239 e. The Morgan fingerprint density at radius 2 is 1.94 bits per heavy atom. The average Bonchev–Trinajstić information content (AvgIpc) is 2.88. The van der Waals surface area contributed by atoms with Gasteiger partial charge in [-0.2, -0.15) is 0 Å². The summed E-state index contributed by atoms with van der Waals surface area (Å²) in [6, 6.07) is -0.146. The van der Waals surface area contributed by atoms with Gasteiger partial charge in [0, 0.05) is 32.7 Å². The van der Waals surface area contributed by atoms with E-state index in [-0.39, 0.29) is 23.8 Å². The van der Waals surface area contributed by atoms with E-state index in [1.807, 2.05) is 11.8 Å². The molecule has 0 bridgehead atoms. The molecule has 2 heterocycles. The minimum Gasteiger partial charge on any atom is -0.369 e. The van der Waals surface area contributed by atoms with E-state index < -0.39 is 0 Å². The van der Waals surface area contributed by atoms with Crippen LogP contribution in [0.4, 0.5) is 0 Å². The summed E-state index contributed by atoms with van der Waals surface area (Å²) in [7, 11) is 0. The van der Waals surface area contributed by atoms with Gasteiger partial charge in [0.05, 0.1) is 12.0 Å². The fraction of sp³-hybridized carbons (Fsp3) is 0.833. The number of nitrogens with one attached hydrogen (secondary N) is 1. The van der Waals surface area contributed by atoms with Crippen LogP contribution in [0.15, 0.2) is 0 Å². The lowest BCUT2D eigenvalue weighted by Gasteiger charge is -2.33. The van der Waals surface area contributed by atoms with E-state index >= 15 is 0 Å². The van der Waals surface area contributed by atoms with E-state index in [1.54, 1.807) is 0 Å². The van der Waals surface area contributed by atoms with E-state index in [0.29, 0.717) is 6.54 Å². The summed E-state index contributed by atoms with van der Waals surface area (Å²) in [5.41, 5.74) is 5.31. The van der Waals surface area contributed by atoms with Crippen molar-refractivity contribution in [3.05, 3.63) is 0 Å². The molecular formula is C12H22N4O2. The molecule has 6 heteroatoms. The molecule has 2 fully saturated rings. The van der Waals surface area contributed by atoms with Crippen molar-refractivity contribution in [3.63, 3.8) is 0 Å². The Kier molecular flexibility index (Phi) is 4.19. The van der Waals surface area contributed by atoms with Crippen molar-refractivity contribution in [1.82, 2.24) is 15.1 Å². The number of nitrogens with two attached hydrogens (primary N) is 1. The third kappa shape index (κ3) is 2.81. The van der Waals surface area contributed by atoms with E-state index in [2.05, 4.69) is 10.2 Å². The van der Waals surface area contributed by atoms with Crippen LogP contribution in [0.5, 0.6) is 0 Å². The molecule has 102 valence electrons. The Labute approximate surface area is 107 Å². The van der Waals surface area contributed by atoms with E-state index in [9.17, 15) is 9.59 Å². The van der Waals surface area contributed by atoms with Gasteiger partial charge in [0.25, 0.3) is 0 Å². The van der Waals surface area contributed by atoms with Gasteiger partial charge in [-0.1, -0.05) is 0 Å². The van der Waals surface area contributed by atoms with Crippen molar-refractivity contribution in [2.24, 2.45) is 11.7 Å². The molecule has 0 aromatic carbocycles. The van der Waals surface area contributed by atoms with Crippen LogP contribution in [0.2, 0.25) is 0 Å². The zero-order chi connectivity index (χ0) is 13.1. The average molecular weight is 254 g/mol. The van der Waals surface area contributed by atoms with Crippen LogP contribution in [-0.2, 0) is 9.59 Å². The van der Waals surface area contributed by atoms with Crippen LogP contribution in [0.3, 0.4) is 0 Å². The lowest BCUT2D eigenvalue weighted by Crippen LogP contribution is -2.52. The molecule has 2 aliphatic heterocycles. The fourth-order valence-corrected chi connectivity index (χ4v) is 2.68. The third-order valence-electron chi connectivity index (χ3n) is 3.96. The minimum atomic E-state index is -0.251. The normalized spacial score (nSPS) is 27.2. The highest BCUT2D eigenvalue weighted by atomic mass is 16.2. The van der Waals surface area contributed by atoms with Gasteiger partial charge >= 0.3 is 0 Å². The number of likely N-dealkylation sites (tertiary alicyclic amines) is 1. The van der Waals surface area contributed by atoms with Crippen molar-refractivity contribution in [3.8, 4) is 0 Å². The first-order valence-corrected chi connectivity index (χ1v) is 6.62. The maximum atomic E-state index is 12.3. The molecule has 0 aromatic rings. The summed E-state index contributed by atoms with van der Waals surface area (Å²) in [4.78, 5) is 27.4. The second-order valence-electron chi connectivity index (χ2n) is 5.13. The maximum absolute atomic E-state index is 12.3. The standard InChI is InChI=1S/C12H22N4O2/c1-9(12(18)15-6-3-14-4-7-15)16-5-2-10(8-16)11(13)17/h9-10,14H,2-8H2,1H3,(H2,13,17). The molecule has 2 rings (SSSR count). The first-order valence-electron chi connectivity index (χ1n) is 6.62. The Hall–Kier alpha value is -1.14. The topological polar surface area (TPSA) is 78.7 Å². The molecule has 2 saturated heterocycles. The van der Waals surface area contributed by atoms with Gasteiger partial charge in [0.2, 0.25) is 11.8 Å². The predicted molar refractivity (Wildman–Crippen MR) is 67.8 cm³/mol. The molecule has 2 amide bonds. The number of hydrogen-bond acceptors (Lipinski definition) is 4. The van der Waals surface area contributed by atoms with E-state index in [0.717, 1.165) is 39.1 Å². The van der Waals surface area contributed by atoms with Crippen molar-refractivity contribution in [2.75, 3.05) is 39.3 Å². The summed E-state index contributed by atoms with van der Waals surface area (Å²) >= 11 is 0. The zero-order valence-electron chi connectivity index (χ0n) is 10.9. The number of primary amides is 1. The van der Waals surface area contributed by atoms with Crippen molar-refractivity contribution in [2.45, 2.75) is 19.4 Å². The molecule has 0 aliphatic carbocycles. The van der Waals surface area contributed by atoms with Gasteiger partial charge in [0.15, 0.2) is 0 Å². The van der Waals surface area contributed by atoms with Gasteiger partial charge < -0.3 is 16.0 Å². The molecule has 2 unspecified atom stereocenters. The van der Waals surface area contributed by atoms with Gasteiger partial charge in [-0.25, -0.2) is 0 Å². The number of hydrogen-bond donors (Lipinski definition) is 2. The van der Waals surface area contributed by atoms with Crippen LogP contribution in [0.1, 0.15) is 13.3 Å². The zero-order valence-corrected chi connectivity index (χ0v) is 10.9. The summed E-state index contributed by atoms with van der Waals surface area (Å²) < 4.78 is 0. The third-order valence-corrected chi connectivity index (χ3v) is 3.96. The van der Waals surface area contributed by atoms with Crippen molar-refractivity contribution in [1.29, 1.82) is 0 Å². The number of carbonyl (C=O) groups excluding carboxylic acids is 2. The first-order chi connectivity index (χ1) is 8.59. The van der Waals surface area contributed by atoms with Crippen molar-refractivity contribution < 1.29 is 9.59 Å². The van der Waals surface area contributed by atoms with Crippen LogP contribution in [0, 0.1) is 5.92 Å². The molecular weight excluding hydrogens is 232 g/mol. The molecule has 18 heavy (non-hydrogen) atoms. The van der Waals surface area contributed by atoms with Crippen LogP contribution < -0.4 is 11.1 Å². The SMILES string of the molecule is CC(C(=O)N1CCNCC1)N1CCC(C(N)=O)C1. The summed E-state index contributed by atoms with van der Waals surface area (Å²) in [6.45, 7) is 6.60. The number of carbonyl (C=O) groups is 2. The summed E-state index contributed by atoms with van der Waals surface area (Å²) in [6.07, 6.45) is 0.772. The molecule has 0 aromatic heterocycles. The quantitative estimate of drug-likeness (QED) is 0.650. The van der Waals surface area contributed by atoms with Crippen molar-refractivity contribution >= 4 is 11.8 Å². The lowest BCUT2D eigenvalue weighted by molar-refractivity contribution is -0.137. The van der Waals surface area contributed by atoms with E-state index in [1.165, 1.54) is 0 Å². The highest BCUT2D eigenvalue weighted by Gasteiger charge is 2.34. The van der Waals surface area contributed by atoms with Crippen LogP contribution >= 0.6 is 0 Å². The minimum absolute atomic E-state index is 0.0942. The Morgan fingerprint density at radius 3 is 2.50 bits per heavy atom. The summed E-state index contributed by atoms with van der Waals surface area (Å²) in [5.74, 6) is -0.177. The van der Waals surface area contributed by atoms with Gasteiger partial charge in [-0.05, 0) is 19.9 Å². The van der Waals surface area contributed by atoms with Gasteiger partial charge in [-0.3, -0.25) is 14.5 Å². The fourth-order valence-electron chi connectivity index (χ4n) is 2.68. The first kappa shape index (κ1) is 13.3. The Morgan fingerprint density at radius 1 is 1.28 bits per heavy atom. The molecule has 0 saturated carbocycles. The molecule has 3 N–H and O–H groups in total. The largest absolute Gasteiger partial charge is 0.369 e. The Balaban J connectivity index is 1.89. The second kappa shape index (κ2) is 5.67. The van der Waals surface area contributed by atoms with Crippen LogP contribution in [-0.4, -0.2) is 66.9 Å². The predicted octanol–water partition coefficient (Wildman–Crippen LogP) is -1.39. The highest BCUT2D eigenvalue weighted by Crippen LogP contribution is 2.19. The number of piperazine rings is 1. The second-order valence-corrected chi connectivity index (χ2v) is 5.13. The highest BCUT2D eigenvalue weighted by molar-refractivity contribution is 5.82. The lowest BCUT2D eigenvalue weighted by atomic mass is 10.1. The van der Waals surface area contributed by atoms with Gasteiger partial charge in [0.1, 0.15) is 0 Å². The molecule has 0 radical (unpaired) electrons. The Bertz CT molecular complexity index is 328. The van der Waals surface area contributed by atoms with Gasteiger partial charge in [-0.15, -0.1) is 0 Å². The van der Waals surface area contributed by atoms with Crippen LogP contribution in [0.25, 0.3) is 0 Å². The smallest absolute Gasteiger partial charge is 0.239 e. The number of rotatable bonds is 3. The van der Waals surface area contributed by atoms with E-state index in [4.69, 9.17) is 5.73 Å². The molecule has 0 spiro atoms. The number of nitrogens with zero attached hydrogens (tertiary/aromatic N) is 2. The number of amides is 2. The molecule has 6 nitrogen and oxygen atoms in total. The molecule has 2 atom stereocenters. The monoisotopic (exact) mass is 254 g/mol. The molecule has 2 aliphatic rings. The summed E-state index contributed by atoms with van der Waals surface area (Å²) in [5, 5.41) is 3.23.